The van der Waals surface area contributed by atoms with Gasteiger partial charge in [-0.3, -0.25) is 10.1 Å². The van der Waals surface area contributed by atoms with Gasteiger partial charge in [-0.2, -0.15) is 20.1 Å². The SMILES string of the molecule is Cc1ccc(Nc2nc(N/N=C\c3cc(Br)cc([N+](=O)[O-])c3[O-])nc(N3CCOCC3)n2)c(Br)c1. The number of benzene rings is 2. The summed E-state index contributed by atoms with van der Waals surface area (Å²) in [5, 5.41) is 30.6. The summed E-state index contributed by atoms with van der Waals surface area (Å²) in [5.41, 5.74) is 4.03. The smallest absolute Gasteiger partial charge is 0.263 e. The van der Waals surface area contributed by atoms with Crippen molar-refractivity contribution in [2.45, 2.75) is 6.92 Å². The zero-order chi connectivity index (χ0) is 24.9. The summed E-state index contributed by atoms with van der Waals surface area (Å²) in [7, 11) is 0. The Labute approximate surface area is 216 Å². The molecule has 0 spiro atoms. The molecule has 4 rings (SSSR count). The highest BCUT2D eigenvalue weighted by Crippen LogP contribution is 2.30. The van der Waals surface area contributed by atoms with E-state index < -0.39 is 16.4 Å². The average molecular weight is 607 g/mol. The van der Waals surface area contributed by atoms with Crippen LogP contribution >= 0.6 is 31.9 Å². The van der Waals surface area contributed by atoms with Crippen LogP contribution in [0.4, 0.5) is 29.2 Å². The molecule has 1 aliphatic rings. The number of nitro groups is 1. The van der Waals surface area contributed by atoms with Crippen molar-refractivity contribution in [3.63, 3.8) is 0 Å². The number of aromatic nitrogens is 3. The van der Waals surface area contributed by atoms with Crippen molar-refractivity contribution in [2.24, 2.45) is 5.10 Å². The molecule has 1 saturated heterocycles. The number of hydrazone groups is 1. The monoisotopic (exact) mass is 605 g/mol. The molecule has 0 saturated carbocycles. The lowest BCUT2D eigenvalue weighted by molar-refractivity contribution is -0.398. The topological polar surface area (TPSA) is 154 Å². The van der Waals surface area contributed by atoms with Crippen molar-refractivity contribution in [2.75, 3.05) is 41.9 Å². The molecule has 2 aromatic carbocycles. The van der Waals surface area contributed by atoms with Crippen LogP contribution in [0.2, 0.25) is 0 Å². The summed E-state index contributed by atoms with van der Waals surface area (Å²) in [6.07, 6.45) is 1.18. The van der Waals surface area contributed by atoms with E-state index in [-0.39, 0.29) is 17.5 Å². The molecule has 12 nitrogen and oxygen atoms in total. The number of nitrogens with one attached hydrogen (secondary N) is 2. The van der Waals surface area contributed by atoms with E-state index in [1.807, 2.05) is 30.0 Å². The lowest BCUT2D eigenvalue weighted by Crippen LogP contribution is -2.37. The van der Waals surface area contributed by atoms with E-state index in [1.54, 1.807) is 0 Å². The third kappa shape index (κ3) is 6.21. The summed E-state index contributed by atoms with van der Waals surface area (Å²) in [5.74, 6) is 0.0843. The van der Waals surface area contributed by atoms with Gasteiger partial charge in [0.15, 0.2) is 0 Å². The van der Waals surface area contributed by atoms with E-state index in [1.165, 1.54) is 12.3 Å². The number of ether oxygens (including phenoxy) is 1. The van der Waals surface area contributed by atoms with Gasteiger partial charge in [-0.25, -0.2) is 5.43 Å². The Morgan fingerprint density at radius 2 is 1.89 bits per heavy atom. The van der Waals surface area contributed by atoms with E-state index in [9.17, 15) is 15.2 Å². The van der Waals surface area contributed by atoms with E-state index in [0.29, 0.717) is 36.7 Å². The maximum atomic E-state index is 12.3. The van der Waals surface area contributed by atoms with E-state index in [2.05, 4.69) is 62.7 Å². The first-order valence-corrected chi connectivity index (χ1v) is 11.9. The van der Waals surface area contributed by atoms with Crippen LogP contribution in [-0.2, 0) is 4.74 Å². The van der Waals surface area contributed by atoms with Gasteiger partial charge in [-0.1, -0.05) is 22.0 Å². The molecule has 182 valence electrons. The van der Waals surface area contributed by atoms with Crippen molar-refractivity contribution in [1.82, 2.24) is 15.0 Å². The quantitative estimate of drug-likeness (QED) is 0.231. The number of morpholine rings is 1. The molecule has 1 aromatic heterocycles. The minimum absolute atomic E-state index is 0.0305. The second-order valence-corrected chi connectivity index (χ2v) is 9.23. The number of nitro benzene ring substituents is 1. The van der Waals surface area contributed by atoms with Gasteiger partial charge in [-0.05, 0) is 57.9 Å². The molecule has 0 amide bonds. The van der Waals surface area contributed by atoms with Crippen LogP contribution in [0.5, 0.6) is 5.75 Å². The summed E-state index contributed by atoms with van der Waals surface area (Å²) in [6, 6.07) is 8.41. The number of halogens is 2. The molecule has 1 fully saturated rings. The van der Waals surface area contributed by atoms with Crippen LogP contribution in [0.15, 0.2) is 44.4 Å². The second-order valence-electron chi connectivity index (χ2n) is 7.46. The molecule has 0 aliphatic carbocycles. The molecule has 0 atom stereocenters. The molecule has 2 heterocycles. The fourth-order valence-electron chi connectivity index (χ4n) is 3.21. The first-order valence-electron chi connectivity index (χ1n) is 10.4. The van der Waals surface area contributed by atoms with E-state index in [0.717, 1.165) is 21.8 Å². The van der Waals surface area contributed by atoms with Gasteiger partial charge in [0.2, 0.25) is 17.8 Å². The number of hydrogen-bond acceptors (Lipinski definition) is 11. The van der Waals surface area contributed by atoms with Crippen LogP contribution < -0.4 is 20.7 Å². The third-order valence-corrected chi connectivity index (χ3v) is 6.03. The maximum absolute atomic E-state index is 12.3. The number of anilines is 4. The number of nitrogens with zero attached hydrogens (tertiary/aromatic N) is 6. The zero-order valence-corrected chi connectivity index (χ0v) is 21.5. The first kappa shape index (κ1) is 24.8. The molecule has 0 radical (unpaired) electrons. The highest BCUT2D eigenvalue weighted by atomic mass is 79.9. The van der Waals surface area contributed by atoms with Crippen molar-refractivity contribution >= 4 is 67.3 Å². The highest BCUT2D eigenvalue weighted by Gasteiger charge is 2.17. The molecule has 0 bridgehead atoms. The van der Waals surface area contributed by atoms with Gasteiger partial charge in [0, 0.05) is 28.1 Å². The zero-order valence-electron chi connectivity index (χ0n) is 18.4. The predicted octanol–water partition coefficient (Wildman–Crippen LogP) is 3.71. The Bertz CT molecular complexity index is 1280. The molecule has 1 aliphatic heterocycles. The maximum Gasteiger partial charge on any atom is 0.263 e. The molecule has 35 heavy (non-hydrogen) atoms. The Kier molecular flexibility index (Phi) is 7.73. The summed E-state index contributed by atoms with van der Waals surface area (Å²) in [6.45, 7) is 4.31. The third-order valence-electron chi connectivity index (χ3n) is 4.92. The van der Waals surface area contributed by atoms with Crippen LogP contribution in [0.1, 0.15) is 11.1 Å². The molecule has 14 heteroatoms. The number of rotatable bonds is 7. The van der Waals surface area contributed by atoms with Crippen molar-refractivity contribution < 1.29 is 14.8 Å². The summed E-state index contributed by atoms with van der Waals surface area (Å²) in [4.78, 5) is 25.7. The van der Waals surface area contributed by atoms with Gasteiger partial charge in [-0.15, -0.1) is 0 Å². The van der Waals surface area contributed by atoms with Crippen molar-refractivity contribution in [3.05, 3.63) is 60.5 Å². The van der Waals surface area contributed by atoms with Gasteiger partial charge in [0.25, 0.3) is 5.69 Å². The largest absolute Gasteiger partial charge is 0.867 e. The number of hydrogen-bond donors (Lipinski definition) is 2. The Balaban J connectivity index is 1.62. The van der Waals surface area contributed by atoms with Crippen LogP contribution in [0, 0.1) is 17.0 Å². The van der Waals surface area contributed by atoms with Crippen molar-refractivity contribution in [3.8, 4) is 5.75 Å². The van der Waals surface area contributed by atoms with Gasteiger partial charge >= 0.3 is 0 Å². The van der Waals surface area contributed by atoms with Crippen LogP contribution in [-0.4, -0.2) is 52.4 Å². The van der Waals surface area contributed by atoms with Gasteiger partial charge in [0.05, 0.1) is 30.0 Å². The van der Waals surface area contributed by atoms with Crippen molar-refractivity contribution in [1.29, 1.82) is 0 Å². The second kappa shape index (κ2) is 10.9. The standard InChI is InChI=1S/C21H20Br2N8O4/c1-12-2-3-16(15(23)8-12)25-19-26-20(28-21(27-19)30-4-6-35-7-5-30)29-24-11-13-9-14(22)10-17(18(13)32)31(33)34/h2-3,8-11,32H,4-7H2,1H3,(H2,25,26,27,28,29)/p-1/b24-11-. The fourth-order valence-corrected chi connectivity index (χ4v) is 4.26. The molecular weight excluding hydrogens is 588 g/mol. The van der Waals surface area contributed by atoms with E-state index >= 15 is 0 Å². The first-order chi connectivity index (χ1) is 16.8. The molecule has 2 N–H and O–H groups in total. The highest BCUT2D eigenvalue weighted by molar-refractivity contribution is 9.10. The Morgan fingerprint density at radius 3 is 2.60 bits per heavy atom. The lowest BCUT2D eigenvalue weighted by atomic mass is 10.2. The average Bonchev–Trinajstić information content (AvgIpc) is 2.83. The van der Waals surface area contributed by atoms with Crippen LogP contribution in [0.25, 0.3) is 0 Å². The fraction of sp³-hybridized carbons (Fsp3) is 0.238. The minimum Gasteiger partial charge on any atom is -0.867 e. The molecular formula is C21H19Br2N8O4-. The number of aryl methyl sites for hydroxylation is 1. The van der Waals surface area contributed by atoms with E-state index in [4.69, 9.17) is 4.74 Å². The predicted molar refractivity (Wildman–Crippen MR) is 136 cm³/mol. The van der Waals surface area contributed by atoms with Gasteiger partial charge < -0.3 is 20.1 Å². The summed E-state index contributed by atoms with van der Waals surface area (Å²) >= 11 is 6.70. The minimum atomic E-state index is -0.750. The normalized spacial score (nSPS) is 13.7. The molecule has 0 unspecified atom stereocenters. The summed E-state index contributed by atoms with van der Waals surface area (Å²) < 4.78 is 6.64. The van der Waals surface area contributed by atoms with Gasteiger partial charge in [0.1, 0.15) is 0 Å². The Morgan fingerprint density at radius 1 is 1.14 bits per heavy atom. The molecule has 3 aromatic rings. The Hall–Kier alpha value is -3.36. The lowest BCUT2D eigenvalue weighted by Gasteiger charge is -2.27. The van der Waals surface area contributed by atoms with Crippen LogP contribution in [0.3, 0.4) is 0 Å².